The predicted octanol–water partition coefficient (Wildman–Crippen LogP) is 1.05. The average Bonchev–Trinajstić information content (AvgIpc) is 2.77. The fraction of sp³-hybridized carbons (Fsp3) is 0.458. The van der Waals surface area contributed by atoms with Crippen molar-refractivity contribution in [2.45, 2.75) is 62.9 Å². The van der Waals surface area contributed by atoms with E-state index in [0.29, 0.717) is 0 Å². The van der Waals surface area contributed by atoms with Crippen molar-refractivity contribution in [2.24, 2.45) is 0 Å². The highest BCUT2D eigenvalue weighted by Gasteiger charge is 2.48. The van der Waals surface area contributed by atoms with Crippen LogP contribution < -0.4 is 0 Å². The van der Waals surface area contributed by atoms with Crippen LogP contribution in [-0.2, 0) is 17.6 Å². The minimum absolute atomic E-state index is 0.253. The van der Waals surface area contributed by atoms with Gasteiger partial charge < -0.3 is 25.5 Å². The highest BCUT2D eigenvalue weighted by atomic mass is 16.4. The van der Waals surface area contributed by atoms with Crippen molar-refractivity contribution in [3.8, 4) is 0 Å². The van der Waals surface area contributed by atoms with Crippen LogP contribution in [0, 0.1) is 0 Å². The van der Waals surface area contributed by atoms with E-state index in [4.69, 9.17) is 5.11 Å². The van der Waals surface area contributed by atoms with E-state index in [1.165, 1.54) is 0 Å². The molecule has 6 heteroatoms. The molecule has 0 amide bonds. The monoisotopic (exact) mass is 414 g/mol. The van der Waals surface area contributed by atoms with Crippen molar-refractivity contribution < 1.29 is 30.3 Å². The first-order valence-electron chi connectivity index (χ1n) is 10.4. The quantitative estimate of drug-likeness (QED) is 0.419. The number of aryl methyl sites for hydroxylation is 2. The number of aliphatic hydroxyl groups is 5. The molecule has 0 fully saturated rings. The van der Waals surface area contributed by atoms with Crippen LogP contribution in [0.2, 0.25) is 0 Å². The molecule has 6 atom stereocenters. The van der Waals surface area contributed by atoms with Gasteiger partial charge in [-0.05, 0) is 40.7 Å². The van der Waals surface area contributed by atoms with Gasteiger partial charge in [-0.2, -0.15) is 0 Å². The van der Waals surface area contributed by atoms with E-state index in [9.17, 15) is 25.2 Å². The highest BCUT2D eigenvalue weighted by molar-refractivity contribution is 5.94. The van der Waals surface area contributed by atoms with E-state index in [-0.39, 0.29) is 5.92 Å². The van der Waals surface area contributed by atoms with E-state index >= 15 is 0 Å². The molecule has 0 heterocycles. The predicted molar refractivity (Wildman–Crippen MR) is 112 cm³/mol. The standard InChI is InChI=1S/C24H30O6/c1-3-13-9-10-16-17(11-13)19(15-8-6-5-7-14(15)4-2)20(16)22(28)24(30)23(29)21(27)18(26)12-25/h5-11,18-21,23-27,29-30H,3-4,12H2,1-2H3/t18-,19?,20?,21-,23+,24+/m1/s1. The summed E-state index contributed by atoms with van der Waals surface area (Å²) >= 11 is 0. The largest absolute Gasteiger partial charge is 0.394 e. The van der Waals surface area contributed by atoms with Gasteiger partial charge in [-0.15, -0.1) is 0 Å². The van der Waals surface area contributed by atoms with Crippen molar-refractivity contribution in [3.05, 3.63) is 70.3 Å². The van der Waals surface area contributed by atoms with Gasteiger partial charge in [0.2, 0.25) is 0 Å². The number of Topliss-reactive ketones (excluding diaryl/α,β-unsaturated/α-hetero) is 1. The van der Waals surface area contributed by atoms with E-state index in [2.05, 4.69) is 13.0 Å². The molecule has 3 rings (SSSR count). The van der Waals surface area contributed by atoms with Gasteiger partial charge >= 0.3 is 0 Å². The van der Waals surface area contributed by atoms with Crippen LogP contribution in [0.25, 0.3) is 0 Å². The van der Waals surface area contributed by atoms with Crippen LogP contribution in [0.1, 0.15) is 53.5 Å². The third-order valence-electron chi connectivity index (χ3n) is 6.19. The van der Waals surface area contributed by atoms with Crippen molar-refractivity contribution in [2.75, 3.05) is 6.61 Å². The number of hydrogen-bond donors (Lipinski definition) is 5. The van der Waals surface area contributed by atoms with Crippen molar-refractivity contribution in [1.29, 1.82) is 0 Å². The Morgan fingerprint density at radius 3 is 2.23 bits per heavy atom. The number of carbonyl (C=O) groups is 1. The van der Waals surface area contributed by atoms with Crippen LogP contribution in [0.4, 0.5) is 0 Å². The first-order chi connectivity index (χ1) is 14.3. The maximum Gasteiger partial charge on any atom is 0.172 e. The summed E-state index contributed by atoms with van der Waals surface area (Å²) < 4.78 is 0. The zero-order chi connectivity index (χ0) is 22.0. The van der Waals surface area contributed by atoms with Crippen LogP contribution in [-0.4, -0.2) is 62.3 Å². The number of ketones is 1. The lowest BCUT2D eigenvalue weighted by atomic mass is 9.61. The summed E-state index contributed by atoms with van der Waals surface area (Å²) in [6, 6.07) is 13.8. The number of benzene rings is 2. The molecule has 0 spiro atoms. The van der Waals surface area contributed by atoms with Crippen molar-refractivity contribution in [1.82, 2.24) is 0 Å². The first kappa shape index (κ1) is 22.6. The zero-order valence-corrected chi connectivity index (χ0v) is 17.3. The Morgan fingerprint density at radius 1 is 0.900 bits per heavy atom. The second-order valence-electron chi connectivity index (χ2n) is 7.90. The fourth-order valence-electron chi connectivity index (χ4n) is 4.36. The topological polar surface area (TPSA) is 118 Å². The molecule has 2 unspecified atom stereocenters. The van der Waals surface area contributed by atoms with Gasteiger partial charge in [0.15, 0.2) is 5.78 Å². The SMILES string of the molecule is CCc1ccc2c(c1)C(c1ccccc1CC)C2C(=O)[C@H](O)[C@@H](O)[C@H](O)[C@H](O)CO. The molecule has 0 aromatic heterocycles. The maximum absolute atomic E-state index is 13.2. The Labute approximate surface area is 176 Å². The summed E-state index contributed by atoms with van der Waals surface area (Å²) in [5.41, 5.74) is 5.11. The first-order valence-corrected chi connectivity index (χ1v) is 10.4. The molecule has 162 valence electrons. The van der Waals surface area contributed by atoms with Crippen molar-refractivity contribution >= 4 is 5.78 Å². The molecule has 0 aliphatic heterocycles. The minimum Gasteiger partial charge on any atom is -0.394 e. The summed E-state index contributed by atoms with van der Waals surface area (Å²) in [5.74, 6) is -1.53. The van der Waals surface area contributed by atoms with Gasteiger partial charge in [-0.1, -0.05) is 56.3 Å². The molecule has 0 radical (unpaired) electrons. The number of fused-ring (bicyclic) bond motifs is 1. The second-order valence-corrected chi connectivity index (χ2v) is 7.90. The van der Waals surface area contributed by atoms with E-state index in [1.54, 1.807) is 0 Å². The molecule has 6 nitrogen and oxygen atoms in total. The molecule has 2 aromatic carbocycles. The number of aliphatic hydroxyl groups excluding tert-OH is 5. The molecule has 2 aromatic rings. The molecule has 0 saturated carbocycles. The summed E-state index contributed by atoms with van der Waals surface area (Å²) in [5, 5.41) is 49.2. The zero-order valence-electron chi connectivity index (χ0n) is 17.3. The molecule has 1 aliphatic carbocycles. The Hall–Kier alpha value is -2.09. The lowest BCUT2D eigenvalue weighted by Crippen LogP contribution is -2.51. The van der Waals surface area contributed by atoms with Gasteiger partial charge in [0, 0.05) is 5.92 Å². The smallest absolute Gasteiger partial charge is 0.172 e. The Kier molecular flexibility index (Phi) is 7.06. The third kappa shape index (κ3) is 3.94. The summed E-state index contributed by atoms with van der Waals surface area (Å²) in [6.07, 6.45) is -5.62. The Morgan fingerprint density at radius 2 is 1.60 bits per heavy atom. The number of hydrogen-bond acceptors (Lipinski definition) is 6. The van der Waals surface area contributed by atoms with Gasteiger partial charge in [0.25, 0.3) is 0 Å². The molecule has 5 N–H and O–H groups in total. The summed E-state index contributed by atoms with van der Waals surface area (Å²) in [6.45, 7) is 3.31. The lowest BCUT2D eigenvalue weighted by molar-refractivity contribution is -0.149. The van der Waals surface area contributed by atoms with Crippen molar-refractivity contribution in [3.63, 3.8) is 0 Å². The molecule has 0 saturated heterocycles. The Balaban J connectivity index is 1.99. The van der Waals surface area contributed by atoms with E-state index < -0.39 is 42.7 Å². The highest BCUT2D eigenvalue weighted by Crippen LogP contribution is 2.52. The molecular weight excluding hydrogens is 384 g/mol. The van der Waals surface area contributed by atoms with Gasteiger partial charge in [0.1, 0.15) is 24.4 Å². The number of carbonyl (C=O) groups excluding carboxylic acids is 1. The molecule has 1 aliphatic rings. The van der Waals surface area contributed by atoms with Crippen LogP contribution in [0.3, 0.4) is 0 Å². The Bertz CT molecular complexity index is 895. The van der Waals surface area contributed by atoms with Crippen LogP contribution in [0.15, 0.2) is 42.5 Å². The fourth-order valence-corrected chi connectivity index (χ4v) is 4.36. The average molecular weight is 414 g/mol. The van der Waals surface area contributed by atoms with Crippen LogP contribution in [0.5, 0.6) is 0 Å². The maximum atomic E-state index is 13.2. The summed E-state index contributed by atoms with van der Waals surface area (Å²) in [4.78, 5) is 13.2. The molecule has 0 bridgehead atoms. The summed E-state index contributed by atoms with van der Waals surface area (Å²) in [7, 11) is 0. The molecular formula is C24H30O6. The van der Waals surface area contributed by atoms with E-state index in [0.717, 1.165) is 40.7 Å². The lowest BCUT2D eigenvalue weighted by Gasteiger charge is -2.42. The molecule has 30 heavy (non-hydrogen) atoms. The normalized spacial score (nSPS) is 21.8. The van der Waals surface area contributed by atoms with Gasteiger partial charge in [0.05, 0.1) is 12.5 Å². The van der Waals surface area contributed by atoms with Crippen LogP contribution >= 0.6 is 0 Å². The van der Waals surface area contributed by atoms with E-state index in [1.807, 2.05) is 43.3 Å². The minimum atomic E-state index is -1.90. The van der Waals surface area contributed by atoms with Gasteiger partial charge in [-0.3, -0.25) is 4.79 Å². The number of rotatable bonds is 9. The second kappa shape index (κ2) is 9.37. The third-order valence-corrected chi connectivity index (χ3v) is 6.19. The van der Waals surface area contributed by atoms with Gasteiger partial charge in [-0.25, -0.2) is 0 Å².